The van der Waals surface area contributed by atoms with Crippen molar-refractivity contribution in [1.29, 1.82) is 0 Å². The van der Waals surface area contributed by atoms with Crippen LogP contribution in [0.1, 0.15) is 11.1 Å². The number of benzene rings is 2. The molecular formula is C15H16ClNO3S. The average Bonchev–Trinajstić information content (AvgIpc) is 2.42. The molecule has 4 nitrogen and oxygen atoms in total. The van der Waals surface area contributed by atoms with Crippen LogP contribution < -0.4 is 5.32 Å². The number of hydrogen-bond donors (Lipinski definition) is 2. The van der Waals surface area contributed by atoms with E-state index in [1.807, 2.05) is 0 Å². The van der Waals surface area contributed by atoms with Crippen molar-refractivity contribution in [2.75, 3.05) is 6.26 Å². The molecule has 0 aliphatic carbocycles. The molecule has 0 saturated carbocycles. The summed E-state index contributed by atoms with van der Waals surface area (Å²) in [6.45, 7) is 1.04. The number of phenols is 1. The highest BCUT2D eigenvalue weighted by atomic mass is 35.5. The van der Waals surface area contributed by atoms with Crippen LogP contribution in [-0.2, 0) is 22.9 Å². The first-order valence-electron chi connectivity index (χ1n) is 6.33. The van der Waals surface area contributed by atoms with E-state index in [9.17, 15) is 13.5 Å². The molecule has 0 aromatic heterocycles. The summed E-state index contributed by atoms with van der Waals surface area (Å²) >= 11 is 5.88. The van der Waals surface area contributed by atoms with E-state index in [-0.39, 0.29) is 5.75 Å². The molecule has 0 atom stereocenters. The highest BCUT2D eigenvalue weighted by Gasteiger charge is 2.06. The summed E-state index contributed by atoms with van der Waals surface area (Å²) in [5.41, 5.74) is 1.68. The maximum atomic E-state index is 11.4. The lowest BCUT2D eigenvalue weighted by atomic mass is 10.2. The molecule has 21 heavy (non-hydrogen) atoms. The van der Waals surface area contributed by atoms with Gasteiger partial charge in [-0.15, -0.1) is 0 Å². The molecule has 112 valence electrons. The second-order valence-electron chi connectivity index (χ2n) is 4.79. The minimum atomic E-state index is -3.16. The van der Waals surface area contributed by atoms with Gasteiger partial charge in [0.2, 0.25) is 0 Å². The average molecular weight is 326 g/mol. The van der Waals surface area contributed by atoms with E-state index in [2.05, 4.69) is 5.32 Å². The normalized spacial score (nSPS) is 11.5. The van der Waals surface area contributed by atoms with Gasteiger partial charge in [0.15, 0.2) is 9.84 Å². The van der Waals surface area contributed by atoms with Gasteiger partial charge in [-0.3, -0.25) is 0 Å². The Morgan fingerprint density at radius 3 is 2.38 bits per heavy atom. The zero-order chi connectivity index (χ0) is 15.5. The molecule has 0 saturated heterocycles. The Labute approximate surface area is 129 Å². The van der Waals surface area contributed by atoms with E-state index in [4.69, 9.17) is 11.6 Å². The van der Waals surface area contributed by atoms with Gasteiger partial charge in [0.25, 0.3) is 0 Å². The molecule has 6 heteroatoms. The summed E-state index contributed by atoms with van der Waals surface area (Å²) in [5.74, 6) is 0.194. The van der Waals surface area contributed by atoms with Gasteiger partial charge in [-0.25, -0.2) is 8.42 Å². The van der Waals surface area contributed by atoms with Crippen molar-refractivity contribution in [3.8, 4) is 5.75 Å². The van der Waals surface area contributed by atoms with Gasteiger partial charge in [-0.2, -0.15) is 0 Å². The monoisotopic (exact) mass is 325 g/mol. The van der Waals surface area contributed by atoms with Crippen molar-refractivity contribution in [3.63, 3.8) is 0 Å². The van der Waals surface area contributed by atoms with Gasteiger partial charge < -0.3 is 10.4 Å². The van der Waals surface area contributed by atoms with Gasteiger partial charge >= 0.3 is 0 Å². The second kappa shape index (κ2) is 6.47. The zero-order valence-electron chi connectivity index (χ0n) is 11.5. The number of aromatic hydroxyl groups is 1. The van der Waals surface area contributed by atoms with E-state index in [0.29, 0.717) is 23.0 Å². The quantitative estimate of drug-likeness (QED) is 0.887. The molecule has 0 bridgehead atoms. The highest BCUT2D eigenvalue weighted by Crippen LogP contribution is 2.21. The fraction of sp³-hybridized carbons (Fsp3) is 0.200. The molecular weight excluding hydrogens is 310 g/mol. The smallest absolute Gasteiger partial charge is 0.175 e. The predicted molar refractivity (Wildman–Crippen MR) is 83.2 cm³/mol. The molecule has 0 heterocycles. The third-order valence-corrected chi connectivity index (χ3v) is 4.40. The molecule has 0 radical (unpaired) electrons. The van der Waals surface area contributed by atoms with Crippen molar-refractivity contribution >= 4 is 21.4 Å². The van der Waals surface area contributed by atoms with E-state index in [1.165, 1.54) is 6.26 Å². The first-order valence-corrected chi connectivity index (χ1v) is 8.60. The third kappa shape index (κ3) is 4.46. The van der Waals surface area contributed by atoms with Crippen molar-refractivity contribution in [1.82, 2.24) is 5.32 Å². The Hall–Kier alpha value is -1.56. The maximum absolute atomic E-state index is 11.4. The van der Waals surface area contributed by atoms with Crippen LogP contribution in [0.5, 0.6) is 5.75 Å². The first-order chi connectivity index (χ1) is 9.86. The predicted octanol–water partition coefficient (Wildman–Crippen LogP) is 2.74. The van der Waals surface area contributed by atoms with E-state index in [0.717, 1.165) is 11.1 Å². The summed E-state index contributed by atoms with van der Waals surface area (Å²) in [6.07, 6.45) is 1.18. The molecule has 2 N–H and O–H groups in total. The van der Waals surface area contributed by atoms with Crippen LogP contribution in [-0.4, -0.2) is 19.8 Å². The number of halogens is 1. The van der Waals surface area contributed by atoms with Gasteiger partial charge in [-0.05, 0) is 35.9 Å². The van der Waals surface area contributed by atoms with E-state index in [1.54, 1.807) is 42.5 Å². The summed E-state index contributed by atoms with van der Waals surface area (Å²) in [6, 6.07) is 11.6. The van der Waals surface area contributed by atoms with Gasteiger partial charge in [-0.1, -0.05) is 23.7 Å². The molecule has 0 spiro atoms. The lowest BCUT2D eigenvalue weighted by molar-refractivity contribution is 0.464. The number of phenolic OH excluding ortho intramolecular Hbond substituents is 1. The summed E-state index contributed by atoms with van der Waals surface area (Å²) in [4.78, 5) is 0.304. The summed E-state index contributed by atoms with van der Waals surface area (Å²) < 4.78 is 22.7. The fourth-order valence-corrected chi connectivity index (χ4v) is 2.72. The number of sulfone groups is 1. The lowest BCUT2D eigenvalue weighted by Gasteiger charge is -2.08. The molecule has 0 aliphatic heterocycles. The standard InChI is InChI=1S/C15H16ClNO3S/c1-21(19,20)14-5-2-11(3-6-14)9-17-10-12-8-13(16)4-7-15(12)18/h2-8,17-18H,9-10H2,1H3. The van der Waals surface area contributed by atoms with Crippen LogP contribution in [0.3, 0.4) is 0 Å². The van der Waals surface area contributed by atoms with Crippen LogP contribution in [0.25, 0.3) is 0 Å². The van der Waals surface area contributed by atoms with E-state index >= 15 is 0 Å². The largest absolute Gasteiger partial charge is 0.508 e. The molecule has 2 rings (SSSR count). The molecule has 2 aromatic carbocycles. The summed E-state index contributed by atoms with van der Waals surface area (Å²) in [7, 11) is -3.16. The molecule has 2 aromatic rings. The third-order valence-electron chi connectivity index (χ3n) is 3.04. The Morgan fingerprint density at radius 1 is 1.10 bits per heavy atom. The zero-order valence-corrected chi connectivity index (χ0v) is 13.1. The fourth-order valence-electron chi connectivity index (χ4n) is 1.89. The molecule has 0 fully saturated rings. The lowest BCUT2D eigenvalue weighted by Crippen LogP contribution is -2.12. The highest BCUT2D eigenvalue weighted by molar-refractivity contribution is 7.90. The van der Waals surface area contributed by atoms with Gasteiger partial charge in [0.1, 0.15) is 5.75 Å². The van der Waals surface area contributed by atoms with Crippen LogP contribution in [0, 0.1) is 0 Å². The van der Waals surface area contributed by atoms with Crippen molar-refractivity contribution in [2.45, 2.75) is 18.0 Å². The second-order valence-corrected chi connectivity index (χ2v) is 7.24. The molecule has 0 unspecified atom stereocenters. The maximum Gasteiger partial charge on any atom is 0.175 e. The topological polar surface area (TPSA) is 66.4 Å². The number of nitrogens with one attached hydrogen (secondary N) is 1. The Bertz CT molecular complexity index is 727. The van der Waals surface area contributed by atoms with Gasteiger partial charge in [0.05, 0.1) is 4.90 Å². The summed E-state index contributed by atoms with van der Waals surface area (Å²) in [5, 5.41) is 13.4. The van der Waals surface area contributed by atoms with Crippen molar-refractivity contribution in [3.05, 3.63) is 58.6 Å². The minimum Gasteiger partial charge on any atom is -0.508 e. The Balaban J connectivity index is 1.96. The van der Waals surface area contributed by atoms with Gasteiger partial charge in [0, 0.05) is 29.9 Å². The number of hydrogen-bond acceptors (Lipinski definition) is 4. The Kier molecular flexibility index (Phi) is 4.88. The first kappa shape index (κ1) is 15.8. The van der Waals surface area contributed by atoms with E-state index < -0.39 is 9.84 Å². The van der Waals surface area contributed by atoms with Crippen LogP contribution in [0.15, 0.2) is 47.4 Å². The minimum absolute atomic E-state index is 0.194. The molecule has 0 amide bonds. The van der Waals surface area contributed by atoms with Crippen LogP contribution in [0.4, 0.5) is 0 Å². The SMILES string of the molecule is CS(=O)(=O)c1ccc(CNCc2cc(Cl)ccc2O)cc1. The Morgan fingerprint density at radius 2 is 1.76 bits per heavy atom. The van der Waals surface area contributed by atoms with Crippen molar-refractivity contribution in [2.24, 2.45) is 0 Å². The number of rotatable bonds is 5. The van der Waals surface area contributed by atoms with Crippen LogP contribution >= 0.6 is 11.6 Å². The van der Waals surface area contributed by atoms with Crippen LogP contribution in [0.2, 0.25) is 5.02 Å². The molecule has 0 aliphatic rings. The van der Waals surface area contributed by atoms with Crippen molar-refractivity contribution < 1.29 is 13.5 Å².